The van der Waals surface area contributed by atoms with E-state index in [1.54, 1.807) is 0 Å². The second kappa shape index (κ2) is 4.30. The number of hydrogen-bond acceptors (Lipinski definition) is 2. The predicted molar refractivity (Wildman–Crippen MR) is 40.5 cm³/mol. The average Bonchev–Trinajstić information content (AvgIpc) is 2.01. The van der Waals surface area contributed by atoms with Gasteiger partial charge in [-0.25, -0.2) is 4.79 Å². The van der Waals surface area contributed by atoms with Crippen molar-refractivity contribution in [3.8, 4) is 0 Å². The fraction of sp³-hybridized carbons (Fsp3) is 0.714. The lowest BCUT2D eigenvalue weighted by molar-refractivity contribution is -0.188. The third-order valence-electron chi connectivity index (χ3n) is 1.70. The molecule has 0 spiro atoms. The Bertz CT molecular complexity index is 239. The molecule has 1 unspecified atom stereocenters. The van der Waals surface area contributed by atoms with Crippen molar-refractivity contribution >= 4 is 11.9 Å². The zero-order chi connectivity index (χ0) is 11.5. The van der Waals surface area contributed by atoms with E-state index in [4.69, 9.17) is 5.11 Å². The molecule has 0 radical (unpaired) electrons. The quantitative estimate of drug-likeness (QED) is 0.756. The Balaban J connectivity index is 4.68. The molecule has 4 nitrogen and oxygen atoms in total. The van der Waals surface area contributed by atoms with Gasteiger partial charge in [0, 0.05) is 7.05 Å². The number of nitrogens with zero attached hydrogens (tertiary/aromatic N) is 1. The number of alkyl halides is 3. The van der Waals surface area contributed by atoms with Crippen molar-refractivity contribution in [3.63, 3.8) is 0 Å². The van der Waals surface area contributed by atoms with Gasteiger partial charge in [0.1, 0.15) is 6.04 Å². The molecule has 82 valence electrons. The highest BCUT2D eigenvalue weighted by molar-refractivity contribution is 5.86. The van der Waals surface area contributed by atoms with Gasteiger partial charge in [0.2, 0.25) is 0 Å². The molecule has 0 aliphatic heterocycles. The molecule has 0 aliphatic carbocycles. The summed E-state index contributed by atoms with van der Waals surface area (Å²) in [4.78, 5) is 21.2. The molecular weight excluding hydrogens is 203 g/mol. The largest absolute Gasteiger partial charge is 0.480 e. The minimum absolute atomic E-state index is 0.0757. The maximum absolute atomic E-state index is 11.9. The minimum Gasteiger partial charge on any atom is -0.480 e. The van der Waals surface area contributed by atoms with Crippen molar-refractivity contribution in [2.45, 2.75) is 25.6 Å². The number of likely N-dealkylation sites (N-methyl/N-ethyl adjacent to an activating group) is 1. The lowest BCUT2D eigenvalue weighted by Gasteiger charge is -2.24. The van der Waals surface area contributed by atoms with Gasteiger partial charge in [-0.2, -0.15) is 13.2 Å². The standard InChI is InChI=1S/C7H10F3NO3/c1-3-4(5(12)13)11(2)6(14)7(8,9)10/h4H,3H2,1-2H3,(H,12,13). The Morgan fingerprint density at radius 3 is 2.07 bits per heavy atom. The molecule has 0 aliphatic rings. The van der Waals surface area contributed by atoms with Crippen LogP contribution >= 0.6 is 0 Å². The van der Waals surface area contributed by atoms with Crippen molar-refractivity contribution in [3.05, 3.63) is 0 Å². The summed E-state index contributed by atoms with van der Waals surface area (Å²) >= 11 is 0. The summed E-state index contributed by atoms with van der Waals surface area (Å²) in [5.41, 5.74) is 0. The number of aliphatic carboxylic acids is 1. The second-order valence-corrected chi connectivity index (χ2v) is 2.68. The first kappa shape index (κ1) is 12.7. The van der Waals surface area contributed by atoms with Crippen molar-refractivity contribution in [1.82, 2.24) is 4.90 Å². The summed E-state index contributed by atoms with van der Waals surface area (Å²) < 4.78 is 35.6. The smallest absolute Gasteiger partial charge is 0.471 e. The molecule has 0 rings (SSSR count). The summed E-state index contributed by atoms with van der Waals surface area (Å²) in [6.07, 6.45) is -5.11. The summed E-state index contributed by atoms with van der Waals surface area (Å²) in [6, 6.07) is -1.44. The van der Waals surface area contributed by atoms with Crippen LogP contribution in [0.1, 0.15) is 13.3 Å². The van der Waals surface area contributed by atoms with Crippen LogP contribution < -0.4 is 0 Å². The molecule has 0 fully saturated rings. The highest BCUT2D eigenvalue weighted by atomic mass is 19.4. The molecule has 0 aromatic rings. The van der Waals surface area contributed by atoms with Crippen LogP contribution in [0.3, 0.4) is 0 Å². The van der Waals surface area contributed by atoms with Crippen LogP contribution in [0.2, 0.25) is 0 Å². The third kappa shape index (κ3) is 2.90. The lowest BCUT2D eigenvalue weighted by atomic mass is 10.2. The zero-order valence-electron chi connectivity index (χ0n) is 7.63. The van der Waals surface area contributed by atoms with E-state index in [9.17, 15) is 22.8 Å². The molecule has 14 heavy (non-hydrogen) atoms. The van der Waals surface area contributed by atoms with Crippen LogP contribution in [0.25, 0.3) is 0 Å². The molecular formula is C7H10F3NO3. The topological polar surface area (TPSA) is 57.6 Å². The van der Waals surface area contributed by atoms with Gasteiger partial charge in [-0.05, 0) is 6.42 Å². The number of halogens is 3. The molecule has 0 aromatic carbocycles. The van der Waals surface area contributed by atoms with Crippen LogP contribution in [0.4, 0.5) is 13.2 Å². The molecule has 7 heteroatoms. The first-order valence-electron chi connectivity index (χ1n) is 3.78. The van der Waals surface area contributed by atoms with Crippen LogP contribution in [0.5, 0.6) is 0 Å². The van der Waals surface area contributed by atoms with Gasteiger partial charge >= 0.3 is 18.1 Å². The third-order valence-corrected chi connectivity index (χ3v) is 1.70. The molecule has 1 atom stereocenters. The zero-order valence-corrected chi connectivity index (χ0v) is 7.63. The van der Waals surface area contributed by atoms with Gasteiger partial charge in [-0.15, -0.1) is 0 Å². The monoisotopic (exact) mass is 213 g/mol. The molecule has 0 aromatic heterocycles. The number of amides is 1. The molecule has 1 N–H and O–H groups in total. The van der Waals surface area contributed by atoms with Crippen molar-refractivity contribution in [1.29, 1.82) is 0 Å². The summed E-state index contributed by atoms with van der Waals surface area (Å²) in [6.45, 7) is 1.39. The van der Waals surface area contributed by atoms with Crippen LogP contribution in [-0.2, 0) is 9.59 Å². The minimum atomic E-state index is -5.03. The van der Waals surface area contributed by atoms with Crippen molar-refractivity contribution in [2.24, 2.45) is 0 Å². The van der Waals surface area contributed by atoms with E-state index in [1.807, 2.05) is 0 Å². The van der Waals surface area contributed by atoms with E-state index >= 15 is 0 Å². The number of carboxylic acid groups (broad SMARTS) is 1. The van der Waals surface area contributed by atoms with E-state index in [0.717, 1.165) is 7.05 Å². The van der Waals surface area contributed by atoms with Gasteiger partial charge < -0.3 is 10.0 Å². The fourth-order valence-electron chi connectivity index (χ4n) is 0.956. The molecule has 0 saturated carbocycles. The summed E-state index contributed by atoms with van der Waals surface area (Å²) in [5, 5.41) is 8.50. The Hall–Kier alpha value is -1.27. The molecule has 0 saturated heterocycles. The van der Waals surface area contributed by atoms with Crippen LogP contribution in [0.15, 0.2) is 0 Å². The van der Waals surface area contributed by atoms with Crippen molar-refractivity contribution < 1.29 is 27.9 Å². The van der Waals surface area contributed by atoms with Gasteiger partial charge in [0.15, 0.2) is 0 Å². The maximum atomic E-state index is 11.9. The van der Waals surface area contributed by atoms with Gasteiger partial charge in [0.25, 0.3) is 0 Å². The predicted octanol–water partition coefficient (Wildman–Crippen LogP) is 0.870. The van der Waals surface area contributed by atoms with Crippen LogP contribution in [-0.4, -0.2) is 41.1 Å². The van der Waals surface area contributed by atoms with E-state index in [0.29, 0.717) is 0 Å². The SMILES string of the molecule is CCC(C(=O)O)N(C)C(=O)C(F)(F)F. The van der Waals surface area contributed by atoms with Gasteiger partial charge in [-0.3, -0.25) is 4.79 Å². The Morgan fingerprint density at radius 1 is 1.43 bits per heavy atom. The Morgan fingerprint density at radius 2 is 1.86 bits per heavy atom. The number of carbonyl (C=O) groups is 2. The normalized spacial score (nSPS) is 13.5. The van der Waals surface area contributed by atoms with E-state index < -0.39 is 24.1 Å². The maximum Gasteiger partial charge on any atom is 0.471 e. The molecule has 1 amide bonds. The van der Waals surface area contributed by atoms with Crippen molar-refractivity contribution in [2.75, 3.05) is 7.05 Å². The molecule has 0 bridgehead atoms. The van der Waals surface area contributed by atoms with E-state index in [2.05, 4.69) is 0 Å². The average molecular weight is 213 g/mol. The van der Waals surface area contributed by atoms with E-state index in [1.165, 1.54) is 6.92 Å². The summed E-state index contributed by atoms with van der Waals surface area (Å²) in [5.74, 6) is -3.60. The number of carbonyl (C=O) groups excluding carboxylic acids is 1. The highest BCUT2D eigenvalue weighted by Crippen LogP contribution is 2.19. The number of carboxylic acids is 1. The lowest BCUT2D eigenvalue weighted by Crippen LogP contribution is -2.47. The van der Waals surface area contributed by atoms with Crippen LogP contribution in [0, 0.1) is 0 Å². The Labute approximate surface area is 78.3 Å². The van der Waals surface area contributed by atoms with Gasteiger partial charge in [0.05, 0.1) is 0 Å². The molecule has 0 heterocycles. The first-order valence-corrected chi connectivity index (χ1v) is 3.78. The first-order chi connectivity index (χ1) is 6.21. The highest BCUT2D eigenvalue weighted by Gasteiger charge is 2.44. The Kier molecular flexibility index (Phi) is 3.91. The van der Waals surface area contributed by atoms with E-state index in [-0.39, 0.29) is 11.3 Å². The fourth-order valence-corrected chi connectivity index (χ4v) is 0.956. The second-order valence-electron chi connectivity index (χ2n) is 2.68. The summed E-state index contributed by atoms with van der Waals surface area (Å²) in [7, 11) is 0.818. The number of hydrogen-bond donors (Lipinski definition) is 1. The van der Waals surface area contributed by atoms with Gasteiger partial charge in [-0.1, -0.05) is 6.92 Å². The number of rotatable bonds is 3.